The number of carbonyl (C=O) groups is 2. The number of nitrogens with one attached hydrogen (secondary N) is 1. The van der Waals surface area contributed by atoms with Crippen LogP contribution in [0.4, 0.5) is 5.69 Å². The largest absolute Gasteiger partial charge is 0.482 e. The van der Waals surface area contributed by atoms with E-state index in [1.807, 2.05) is 20.8 Å². The molecule has 7 nitrogen and oxygen atoms in total. The van der Waals surface area contributed by atoms with Gasteiger partial charge in [-0.05, 0) is 50.5 Å². The van der Waals surface area contributed by atoms with E-state index in [-0.39, 0.29) is 29.8 Å². The normalized spacial score (nSPS) is 14.2. The number of Topliss-reactive ketones (excluding diaryl/α,β-unsaturated/α-hetero) is 1. The Labute approximate surface area is 194 Å². The van der Waals surface area contributed by atoms with Gasteiger partial charge in [0, 0.05) is 17.0 Å². The molecule has 3 aromatic rings. The van der Waals surface area contributed by atoms with Gasteiger partial charge in [-0.3, -0.25) is 19.0 Å². The van der Waals surface area contributed by atoms with Gasteiger partial charge in [-0.25, -0.2) is 4.98 Å². The van der Waals surface area contributed by atoms with Gasteiger partial charge >= 0.3 is 0 Å². The van der Waals surface area contributed by atoms with Gasteiger partial charge in [0.05, 0.1) is 16.3 Å². The summed E-state index contributed by atoms with van der Waals surface area (Å²) < 4.78 is 7.07. The summed E-state index contributed by atoms with van der Waals surface area (Å²) in [5.74, 6) is 0.437. The van der Waals surface area contributed by atoms with E-state index in [4.69, 9.17) is 9.72 Å². The quantitative estimate of drug-likeness (QED) is 0.325. The number of amides is 1. The molecule has 1 aromatic carbocycles. The molecule has 1 N–H and O–H groups in total. The first-order valence-corrected chi connectivity index (χ1v) is 12.1. The van der Waals surface area contributed by atoms with Gasteiger partial charge in [0.25, 0.3) is 11.5 Å². The number of benzene rings is 1. The van der Waals surface area contributed by atoms with Crippen LogP contribution in [0.25, 0.3) is 10.2 Å². The number of aryl methyl sites for hydroxylation is 2. The number of ether oxygens (including phenoxy) is 1. The lowest BCUT2D eigenvalue weighted by Gasteiger charge is -2.19. The van der Waals surface area contributed by atoms with Crippen molar-refractivity contribution >= 4 is 50.7 Å². The van der Waals surface area contributed by atoms with Crippen LogP contribution in [-0.4, -0.2) is 33.1 Å². The number of aromatic nitrogens is 2. The molecule has 4 rings (SSSR count). The molecule has 0 saturated carbocycles. The van der Waals surface area contributed by atoms with Crippen molar-refractivity contribution in [2.24, 2.45) is 5.92 Å². The number of hydrogen-bond acceptors (Lipinski definition) is 7. The molecule has 0 fully saturated rings. The SMILES string of the molecule is Cc1sc2nc(S[C@@H](C)C(=O)c3ccc4c(c3)NC(=O)CO4)n(CC(C)C)c(=O)c2c1C. The number of thioether (sulfide) groups is 1. The molecule has 0 spiro atoms. The number of fused-ring (bicyclic) bond motifs is 2. The van der Waals surface area contributed by atoms with Crippen LogP contribution in [0.5, 0.6) is 5.75 Å². The van der Waals surface area contributed by atoms with Gasteiger partial charge in [0.1, 0.15) is 10.6 Å². The number of anilines is 1. The fourth-order valence-corrected chi connectivity index (χ4v) is 5.67. The lowest BCUT2D eigenvalue weighted by atomic mass is 10.1. The molecule has 1 aliphatic rings. The van der Waals surface area contributed by atoms with Crippen LogP contribution < -0.4 is 15.6 Å². The number of carbonyl (C=O) groups excluding carboxylic acids is 2. The smallest absolute Gasteiger partial charge is 0.263 e. The summed E-state index contributed by atoms with van der Waals surface area (Å²) in [5.41, 5.74) is 1.88. The Morgan fingerprint density at radius 2 is 2.03 bits per heavy atom. The highest BCUT2D eigenvalue weighted by atomic mass is 32.2. The number of thiophene rings is 1. The summed E-state index contributed by atoms with van der Waals surface area (Å²) in [6.07, 6.45) is 0. The first kappa shape index (κ1) is 22.5. The summed E-state index contributed by atoms with van der Waals surface area (Å²) in [7, 11) is 0. The minimum atomic E-state index is -0.474. The summed E-state index contributed by atoms with van der Waals surface area (Å²) >= 11 is 2.79. The summed E-state index contributed by atoms with van der Waals surface area (Å²) in [6.45, 7) is 10.4. The van der Waals surface area contributed by atoms with Gasteiger partial charge in [-0.1, -0.05) is 25.6 Å². The number of nitrogens with zero attached hydrogens (tertiary/aromatic N) is 2. The van der Waals surface area contributed by atoms with E-state index < -0.39 is 5.25 Å². The average molecular weight is 472 g/mol. The minimum Gasteiger partial charge on any atom is -0.482 e. The van der Waals surface area contributed by atoms with E-state index in [1.54, 1.807) is 22.8 Å². The highest BCUT2D eigenvalue weighted by molar-refractivity contribution is 8.00. The third-order valence-electron chi connectivity index (χ3n) is 5.35. The van der Waals surface area contributed by atoms with Crippen LogP contribution in [0.3, 0.4) is 0 Å². The van der Waals surface area contributed by atoms with Crippen LogP contribution in [0.2, 0.25) is 0 Å². The molecule has 0 radical (unpaired) electrons. The zero-order valence-electron chi connectivity index (χ0n) is 18.6. The Morgan fingerprint density at radius 1 is 1.28 bits per heavy atom. The van der Waals surface area contributed by atoms with Crippen molar-refractivity contribution in [3.63, 3.8) is 0 Å². The van der Waals surface area contributed by atoms with Crippen molar-refractivity contribution in [3.05, 3.63) is 44.6 Å². The molecule has 1 amide bonds. The maximum Gasteiger partial charge on any atom is 0.263 e. The molecule has 0 bridgehead atoms. The summed E-state index contributed by atoms with van der Waals surface area (Å²) in [6, 6.07) is 5.02. The number of hydrogen-bond donors (Lipinski definition) is 1. The topological polar surface area (TPSA) is 90.3 Å². The summed E-state index contributed by atoms with van der Waals surface area (Å²) in [5, 5.41) is 3.47. The van der Waals surface area contributed by atoms with E-state index in [0.29, 0.717) is 38.9 Å². The maximum atomic E-state index is 13.3. The van der Waals surface area contributed by atoms with Crippen molar-refractivity contribution in [2.45, 2.75) is 51.6 Å². The second-order valence-corrected chi connectivity index (χ2v) is 10.9. The molecule has 32 heavy (non-hydrogen) atoms. The minimum absolute atomic E-state index is 0.0320. The van der Waals surface area contributed by atoms with Crippen LogP contribution >= 0.6 is 23.1 Å². The van der Waals surface area contributed by atoms with Crippen LogP contribution in [0.1, 0.15) is 41.6 Å². The third-order valence-corrected chi connectivity index (χ3v) is 7.54. The summed E-state index contributed by atoms with van der Waals surface area (Å²) in [4.78, 5) is 44.7. The monoisotopic (exact) mass is 471 g/mol. The number of rotatable bonds is 6. The third kappa shape index (κ3) is 4.19. The second kappa shape index (κ2) is 8.71. The van der Waals surface area contributed by atoms with Gasteiger partial charge in [0.15, 0.2) is 17.5 Å². The Hall–Kier alpha value is -2.65. The molecule has 0 unspecified atom stereocenters. The van der Waals surface area contributed by atoms with Crippen molar-refractivity contribution < 1.29 is 14.3 Å². The first-order chi connectivity index (χ1) is 15.2. The second-order valence-electron chi connectivity index (χ2n) is 8.34. The molecular weight excluding hydrogens is 446 g/mol. The van der Waals surface area contributed by atoms with E-state index in [1.165, 1.54) is 23.1 Å². The van der Waals surface area contributed by atoms with Crippen molar-refractivity contribution in [1.82, 2.24) is 9.55 Å². The van der Waals surface area contributed by atoms with Gasteiger partial charge < -0.3 is 10.1 Å². The van der Waals surface area contributed by atoms with Crippen LogP contribution in [-0.2, 0) is 11.3 Å². The molecule has 2 aromatic heterocycles. The molecular formula is C23H25N3O4S2. The molecule has 168 valence electrons. The Morgan fingerprint density at radius 3 is 2.75 bits per heavy atom. The van der Waals surface area contributed by atoms with Crippen molar-refractivity contribution in [2.75, 3.05) is 11.9 Å². The van der Waals surface area contributed by atoms with E-state index >= 15 is 0 Å². The van der Waals surface area contributed by atoms with Crippen molar-refractivity contribution in [3.8, 4) is 5.75 Å². The lowest BCUT2D eigenvalue weighted by Crippen LogP contribution is -2.27. The van der Waals surface area contributed by atoms with E-state index in [2.05, 4.69) is 19.2 Å². The van der Waals surface area contributed by atoms with E-state index in [9.17, 15) is 14.4 Å². The Balaban J connectivity index is 1.68. The number of ketones is 1. The van der Waals surface area contributed by atoms with E-state index in [0.717, 1.165) is 10.4 Å². The first-order valence-electron chi connectivity index (χ1n) is 10.4. The standard InChI is InChI=1S/C23H25N3O4S2/c1-11(2)9-26-22(29)19-12(3)13(4)31-21(19)25-23(26)32-14(5)20(28)15-6-7-17-16(8-15)24-18(27)10-30-17/h6-8,11,14H,9-10H2,1-5H3,(H,24,27)/t14-/m0/s1. The fraction of sp³-hybridized carbons (Fsp3) is 0.391. The van der Waals surface area contributed by atoms with Gasteiger partial charge in [-0.2, -0.15) is 0 Å². The molecule has 1 aliphatic heterocycles. The molecule has 0 saturated heterocycles. The van der Waals surface area contributed by atoms with Crippen molar-refractivity contribution in [1.29, 1.82) is 0 Å². The molecule has 3 heterocycles. The molecule has 9 heteroatoms. The fourth-order valence-electron chi connectivity index (χ4n) is 3.61. The lowest BCUT2D eigenvalue weighted by molar-refractivity contribution is -0.118. The Bertz CT molecular complexity index is 1290. The predicted molar refractivity (Wildman–Crippen MR) is 128 cm³/mol. The highest BCUT2D eigenvalue weighted by Crippen LogP contribution is 2.33. The van der Waals surface area contributed by atoms with Gasteiger partial charge in [0.2, 0.25) is 0 Å². The molecule has 0 aliphatic carbocycles. The predicted octanol–water partition coefficient (Wildman–Crippen LogP) is 4.43. The molecule has 1 atom stereocenters. The highest BCUT2D eigenvalue weighted by Gasteiger charge is 2.24. The zero-order valence-corrected chi connectivity index (χ0v) is 20.3. The Kier molecular flexibility index (Phi) is 6.13. The van der Waals surface area contributed by atoms with Gasteiger partial charge in [-0.15, -0.1) is 11.3 Å². The zero-order chi connectivity index (χ0) is 23.2. The van der Waals surface area contributed by atoms with Crippen LogP contribution in [0, 0.1) is 19.8 Å². The maximum absolute atomic E-state index is 13.3. The van der Waals surface area contributed by atoms with Crippen LogP contribution in [0.15, 0.2) is 28.2 Å². The average Bonchev–Trinajstić information content (AvgIpc) is 3.02.